The zero-order chi connectivity index (χ0) is 13.8. The summed E-state index contributed by atoms with van der Waals surface area (Å²) < 4.78 is 13.1. The molecular weight excluding hydrogens is 288 g/mol. The van der Waals surface area contributed by atoms with E-state index in [-0.39, 0.29) is 17.0 Å². The van der Waals surface area contributed by atoms with Gasteiger partial charge < -0.3 is 4.90 Å². The first-order valence-electron chi connectivity index (χ1n) is 6.45. The third-order valence-electron chi connectivity index (χ3n) is 3.52. The Bertz CT molecular complexity index is 461. The van der Waals surface area contributed by atoms with Crippen molar-refractivity contribution < 1.29 is 9.18 Å². The third kappa shape index (κ3) is 3.40. The van der Waals surface area contributed by atoms with E-state index >= 15 is 0 Å². The molecule has 1 amide bonds. The first kappa shape index (κ1) is 14.6. The second-order valence-electron chi connectivity index (χ2n) is 4.75. The highest BCUT2D eigenvalue weighted by Crippen LogP contribution is 2.26. The Morgan fingerprint density at radius 3 is 2.63 bits per heavy atom. The van der Waals surface area contributed by atoms with Crippen molar-refractivity contribution in [3.63, 3.8) is 0 Å². The van der Waals surface area contributed by atoms with Gasteiger partial charge in [-0.1, -0.05) is 24.4 Å². The lowest BCUT2D eigenvalue weighted by Crippen LogP contribution is -2.40. The fraction of sp³-hybridized carbons (Fsp3) is 0.500. The molecule has 0 spiro atoms. The molecule has 5 heteroatoms. The molecule has 1 saturated carbocycles. The summed E-state index contributed by atoms with van der Waals surface area (Å²) in [6.45, 7) is 0.514. The molecule has 19 heavy (non-hydrogen) atoms. The maximum atomic E-state index is 13.1. The Labute approximate surface area is 122 Å². The quantitative estimate of drug-likeness (QED) is 0.767. The van der Waals surface area contributed by atoms with E-state index in [2.05, 4.69) is 0 Å². The van der Waals surface area contributed by atoms with Crippen LogP contribution in [0.2, 0.25) is 5.02 Å². The van der Waals surface area contributed by atoms with Gasteiger partial charge in [-0.15, -0.1) is 11.6 Å². The molecular formula is C14H16Cl2FNO. The van der Waals surface area contributed by atoms with Crippen LogP contribution < -0.4 is 0 Å². The summed E-state index contributed by atoms with van der Waals surface area (Å²) in [5.74, 6) is -0.227. The predicted octanol–water partition coefficient (Wildman–Crippen LogP) is 4.10. The Kier molecular flexibility index (Phi) is 5.06. The van der Waals surface area contributed by atoms with Gasteiger partial charge >= 0.3 is 0 Å². The highest BCUT2D eigenvalue weighted by atomic mass is 35.5. The molecule has 0 heterocycles. The molecule has 1 aromatic rings. The Hall–Kier alpha value is -0.800. The highest BCUT2D eigenvalue weighted by molar-refractivity contribution is 6.31. The molecule has 0 N–H and O–H groups in total. The minimum Gasteiger partial charge on any atom is -0.334 e. The minimum absolute atomic E-state index is 0.0249. The van der Waals surface area contributed by atoms with E-state index in [0.29, 0.717) is 18.0 Å². The summed E-state index contributed by atoms with van der Waals surface area (Å²) in [5, 5.41) is -0.0249. The maximum Gasteiger partial charge on any atom is 0.254 e. The molecule has 0 aromatic heterocycles. The first-order chi connectivity index (χ1) is 9.13. The van der Waals surface area contributed by atoms with Gasteiger partial charge in [0.1, 0.15) is 5.82 Å². The summed E-state index contributed by atoms with van der Waals surface area (Å²) in [7, 11) is 0. The number of hydrogen-bond donors (Lipinski definition) is 0. The van der Waals surface area contributed by atoms with E-state index in [1.807, 2.05) is 0 Å². The number of amides is 1. The molecule has 1 aliphatic rings. The van der Waals surface area contributed by atoms with Crippen molar-refractivity contribution in [3.05, 3.63) is 34.6 Å². The van der Waals surface area contributed by atoms with E-state index in [1.165, 1.54) is 18.2 Å². The van der Waals surface area contributed by atoms with Gasteiger partial charge in [-0.3, -0.25) is 4.79 Å². The molecule has 0 atom stereocenters. The van der Waals surface area contributed by atoms with Gasteiger partial charge in [-0.05, 0) is 31.0 Å². The normalized spacial score (nSPS) is 15.7. The zero-order valence-electron chi connectivity index (χ0n) is 10.5. The molecule has 0 bridgehead atoms. The lowest BCUT2D eigenvalue weighted by molar-refractivity contribution is 0.0695. The number of nitrogens with zero attached hydrogens (tertiary/aromatic N) is 1. The molecule has 1 fully saturated rings. The van der Waals surface area contributed by atoms with Crippen LogP contribution in [0.5, 0.6) is 0 Å². The fourth-order valence-corrected chi connectivity index (χ4v) is 2.91. The van der Waals surface area contributed by atoms with Crippen molar-refractivity contribution in [2.45, 2.75) is 31.7 Å². The van der Waals surface area contributed by atoms with Crippen molar-refractivity contribution >= 4 is 29.1 Å². The van der Waals surface area contributed by atoms with E-state index in [1.54, 1.807) is 4.90 Å². The Balaban J connectivity index is 2.20. The van der Waals surface area contributed by atoms with Crippen LogP contribution in [-0.4, -0.2) is 29.3 Å². The molecule has 1 aliphatic carbocycles. The number of rotatable bonds is 4. The van der Waals surface area contributed by atoms with Crippen LogP contribution >= 0.6 is 23.2 Å². The summed E-state index contributed by atoms with van der Waals surface area (Å²) in [5.41, 5.74) is 0.420. The van der Waals surface area contributed by atoms with E-state index in [4.69, 9.17) is 23.2 Å². The Morgan fingerprint density at radius 1 is 1.37 bits per heavy atom. The fourth-order valence-electron chi connectivity index (χ4n) is 2.55. The van der Waals surface area contributed by atoms with Gasteiger partial charge in [0.25, 0.3) is 5.91 Å². The standard InChI is InChI=1S/C14H16Cl2FNO/c15-7-8-18(11-3-1-2-4-11)14(19)10-5-6-13(17)12(16)9-10/h5-6,9,11H,1-4,7-8H2. The van der Waals surface area contributed by atoms with Crippen molar-refractivity contribution in [2.24, 2.45) is 0 Å². The molecule has 0 unspecified atom stereocenters. The summed E-state index contributed by atoms with van der Waals surface area (Å²) in [4.78, 5) is 14.3. The second-order valence-corrected chi connectivity index (χ2v) is 5.54. The number of halogens is 3. The van der Waals surface area contributed by atoms with E-state index < -0.39 is 5.82 Å². The van der Waals surface area contributed by atoms with Crippen molar-refractivity contribution in [2.75, 3.05) is 12.4 Å². The number of alkyl halides is 1. The topological polar surface area (TPSA) is 20.3 Å². The molecule has 0 radical (unpaired) electrons. The average molecular weight is 304 g/mol. The second kappa shape index (κ2) is 6.58. The van der Waals surface area contributed by atoms with E-state index in [9.17, 15) is 9.18 Å². The zero-order valence-corrected chi connectivity index (χ0v) is 12.1. The summed E-state index contributed by atoms with van der Waals surface area (Å²) in [6.07, 6.45) is 4.30. The average Bonchev–Trinajstić information content (AvgIpc) is 2.92. The maximum absolute atomic E-state index is 13.1. The largest absolute Gasteiger partial charge is 0.334 e. The monoisotopic (exact) mass is 303 g/mol. The summed E-state index contributed by atoms with van der Waals surface area (Å²) >= 11 is 11.5. The van der Waals surface area contributed by atoms with Gasteiger partial charge in [0.05, 0.1) is 5.02 Å². The van der Waals surface area contributed by atoms with Gasteiger partial charge in [-0.2, -0.15) is 0 Å². The molecule has 2 nitrogen and oxygen atoms in total. The van der Waals surface area contributed by atoms with Gasteiger partial charge in [-0.25, -0.2) is 4.39 Å². The Morgan fingerprint density at radius 2 is 2.05 bits per heavy atom. The number of carbonyl (C=O) groups excluding carboxylic acids is 1. The van der Waals surface area contributed by atoms with Gasteiger partial charge in [0, 0.05) is 24.0 Å². The molecule has 1 aromatic carbocycles. The lowest BCUT2D eigenvalue weighted by atomic mass is 10.1. The van der Waals surface area contributed by atoms with Crippen molar-refractivity contribution in [1.82, 2.24) is 4.90 Å². The van der Waals surface area contributed by atoms with Crippen LogP contribution in [-0.2, 0) is 0 Å². The van der Waals surface area contributed by atoms with Gasteiger partial charge in [0.2, 0.25) is 0 Å². The molecule has 0 aliphatic heterocycles. The SMILES string of the molecule is O=C(c1ccc(F)c(Cl)c1)N(CCCl)C1CCCC1. The molecule has 0 saturated heterocycles. The van der Waals surface area contributed by atoms with Gasteiger partial charge in [0.15, 0.2) is 0 Å². The number of benzene rings is 1. The van der Waals surface area contributed by atoms with Crippen LogP contribution in [0.3, 0.4) is 0 Å². The summed E-state index contributed by atoms with van der Waals surface area (Å²) in [6, 6.07) is 4.33. The number of hydrogen-bond acceptors (Lipinski definition) is 1. The van der Waals surface area contributed by atoms with Crippen molar-refractivity contribution in [1.29, 1.82) is 0 Å². The molecule has 104 valence electrons. The molecule has 2 rings (SSSR count). The predicted molar refractivity (Wildman–Crippen MR) is 75.4 cm³/mol. The van der Waals surface area contributed by atoms with Crippen LogP contribution in [0.4, 0.5) is 4.39 Å². The first-order valence-corrected chi connectivity index (χ1v) is 7.36. The van der Waals surface area contributed by atoms with Crippen LogP contribution in [0.15, 0.2) is 18.2 Å². The highest BCUT2D eigenvalue weighted by Gasteiger charge is 2.27. The van der Waals surface area contributed by atoms with E-state index in [0.717, 1.165) is 25.7 Å². The van der Waals surface area contributed by atoms with Crippen LogP contribution in [0.1, 0.15) is 36.0 Å². The third-order valence-corrected chi connectivity index (χ3v) is 3.98. The van der Waals surface area contributed by atoms with Crippen molar-refractivity contribution in [3.8, 4) is 0 Å². The minimum atomic E-state index is -0.511. The smallest absolute Gasteiger partial charge is 0.254 e. The lowest BCUT2D eigenvalue weighted by Gasteiger charge is -2.28. The van der Waals surface area contributed by atoms with Crippen LogP contribution in [0, 0.1) is 5.82 Å². The van der Waals surface area contributed by atoms with Crippen LogP contribution in [0.25, 0.3) is 0 Å². The number of carbonyl (C=O) groups is 1.